The molecule has 0 aliphatic carbocycles. The maximum Gasteiger partial charge on any atom is 0.318 e. The number of aromatic hydroxyl groups is 1. The average molecular weight is 392 g/mol. The number of hydrogen-bond donors (Lipinski definition) is 2. The number of halogens is 5. The first-order valence-corrected chi connectivity index (χ1v) is 6.52. The van der Waals surface area contributed by atoms with Crippen molar-refractivity contribution in [2.75, 3.05) is 5.43 Å². The molecule has 27 heavy (non-hydrogen) atoms. The Balaban J connectivity index is 2.46. The van der Waals surface area contributed by atoms with Crippen LogP contribution >= 0.6 is 0 Å². The van der Waals surface area contributed by atoms with Crippen LogP contribution in [-0.4, -0.2) is 21.2 Å². The summed E-state index contributed by atoms with van der Waals surface area (Å²) < 4.78 is 66.0. The van der Waals surface area contributed by atoms with Gasteiger partial charge in [0, 0.05) is 6.07 Å². The third-order valence-corrected chi connectivity index (χ3v) is 3.10. The van der Waals surface area contributed by atoms with Crippen molar-refractivity contribution < 1.29 is 36.9 Å². The van der Waals surface area contributed by atoms with Gasteiger partial charge in [0.25, 0.3) is 5.69 Å². The van der Waals surface area contributed by atoms with Crippen LogP contribution < -0.4 is 5.43 Å². The Morgan fingerprint density at radius 3 is 1.93 bits per heavy atom. The Morgan fingerprint density at radius 2 is 1.44 bits per heavy atom. The first-order chi connectivity index (χ1) is 12.6. The second-order valence-electron chi connectivity index (χ2n) is 4.73. The van der Waals surface area contributed by atoms with E-state index in [1.807, 2.05) is 0 Å². The van der Waals surface area contributed by atoms with Crippen LogP contribution in [0, 0.1) is 49.3 Å². The summed E-state index contributed by atoms with van der Waals surface area (Å²) in [6.45, 7) is 0. The van der Waals surface area contributed by atoms with Gasteiger partial charge in [0.15, 0.2) is 23.3 Å². The zero-order chi connectivity index (χ0) is 20.5. The predicted molar refractivity (Wildman–Crippen MR) is 78.9 cm³/mol. The van der Waals surface area contributed by atoms with Crippen molar-refractivity contribution in [3.63, 3.8) is 0 Å². The summed E-state index contributed by atoms with van der Waals surface area (Å²) in [7, 11) is 0. The molecule has 0 unspecified atom stereocenters. The highest BCUT2D eigenvalue weighted by atomic mass is 19.2. The zero-order valence-electron chi connectivity index (χ0n) is 12.5. The van der Waals surface area contributed by atoms with Crippen LogP contribution in [0.1, 0.15) is 5.56 Å². The number of hydrogen-bond acceptors (Lipinski definition) is 7. The van der Waals surface area contributed by atoms with Crippen LogP contribution in [0.15, 0.2) is 17.2 Å². The van der Waals surface area contributed by atoms with Crippen LogP contribution in [-0.2, 0) is 0 Å². The fourth-order valence-electron chi connectivity index (χ4n) is 1.84. The van der Waals surface area contributed by atoms with Crippen LogP contribution in [0.4, 0.5) is 39.0 Å². The van der Waals surface area contributed by atoms with Gasteiger partial charge in [0.2, 0.25) is 11.6 Å². The molecule has 0 spiro atoms. The number of phenols is 1. The van der Waals surface area contributed by atoms with Crippen molar-refractivity contribution in [1.29, 1.82) is 0 Å². The lowest BCUT2D eigenvalue weighted by Gasteiger charge is -2.07. The van der Waals surface area contributed by atoms with Gasteiger partial charge >= 0.3 is 5.69 Å². The molecule has 0 fully saturated rings. The van der Waals surface area contributed by atoms with E-state index in [4.69, 9.17) is 0 Å². The number of nitro benzene ring substituents is 2. The molecule has 0 bridgehead atoms. The highest BCUT2D eigenvalue weighted by Crippen LogP contribution is 2.33. The molecule has 0 aliphatic rings. The molecule has 2 aromatic carbocycles. The second kappa shape index (κ2) is 7.19. The standard InChI is InChI=1S/C13H5F5N4O5/c14-7-8(15)10(17)12(11(18)9(7)16)20-19-3-4-1-5(21(24)25)2-6(13(4)23)22(26)27/h1-3,20,23H/b19-3-. The topological polar surface area (TPSA) is 131 Å². The van der Waals surface area contributed by atoms with Crippen molar-refractivity contribution in [1.82, 2.24) is 0 Å². The van der Waals surface area contributed by atoms with Gasteiger partial charge in [-0.1, -0.05) is 0 Å². The molecular formula is C13H5F5N4O5. The Morgan fingerprint density at radius 1 is 0.926 bits per heavy atom. The number of hydrazone groups is 1. The van der Waals surface area contributed by atoms with E-state index in [9.17, 15) is 47.3 Å². The third-order valence-electron chi connectivity index (χ3n) is 3.10. The molecule has 0 amide bonds. The van der Waals surface area contributed by atoms with Crippen LogP contribution in [0.5, 0.6) is 5.75 Å². The van der Waals surface area contributed by atoms with Gasteiger partial charge in [-0.3, -0.25) is 25.7 Å². The summed E-state index contributed by atoms with van der Waals surface area (Å²) >= 11 is 0. The summed E-state index contributed by atoms with van der Waals surface area (Å²) in [6.07, 6.45) is 0.452. The Kier molecular flexibility index (Phi) is 5.19. The van der Waals surface area contributed by atoms with E-state index in [0.717, 1.165) is 0 Å². The van der Waals surface area contributed by atoms with E-state index < -0.39 is 67.3 Å². The van der Waals surface area contributed by atoms with E-state index in [-0.39, 0.29) is 0 Å². The molecule has 0 atom stereocenters. The fourth-order valence-corrected chi connectivity index (χ4v) is 1.84. The summed E-state index contributed by atoms with van der Waals surface area (Å²) in [5.41, 5.74) is -2.58. The number of nitrogens with one attached hydrogen (secondary N) is 1. The number of nitrogens with zero attached hydrogens (tertiary/aromatic N) is 3. The van der Waals surface area contributed by atoms with E-state index in [0.29, 0.717) is 18.3 Å². The number of benzene rings is 2. The van der Waals surface area contributed by atoms with Crippen molar-refractivity contribution in [3.05, 3.63) is 67.0 Å². The van der Waals surface area contributed by atoms with E-state index in [1.54, 1.807) is 0 Å². The van der Waals surface area contributed by atoms with Crippen molar-refractivity contribution >= 4 is 23.3 Å². The van der Waals surface area contributed by atoms with Gasteiger partial charge in [0.1, 0.15) is 5.69 Å². The number of nitro groups is 2. The van der Waals surface area contributed by atoms with E-state index >= 15 is 0 Å². The monoisotopic (exact) mass is 392 g/mol. The Hall–Kier alpha value is -3.84. The summed E-state index contributed by atoms with van der Waals surface area (Å²) in [4.78, 5) is 19.4. The summed E-state index contributed by atoms with van der Waals surface area (Å²) in [6, 6.07) is 1.08. The van der Waals surface area contributed by atoms with Gasteiger partial charge in [-0.2, -0.15) is 5.10 Å². The maximum atomic E-state index is 13.5. The highest BCUT2D eigenvalue weighted by molar-refractivity contribution is 5.87. The van der Waals surface area contributed by atoms with Crippen molar-refractivity contribution in [3.8, 4) is 5.75 Å². The predicted octanol–water partition coefficient (Wildman–Crippen LogP) is 3.35. The lowest BCUT2D eigenvalue weighted by Crippen LogP contribution is -2.06. The number of anilines is 1. The van der Waals surface area contributed by atoms with Crippen LogP contribution in [0.25, 0.3) is 0 Å². The van der Waals surface area contributed by atoms with Crippen molar-refractivity contribution in [2.24, 2.45) is 5.10 Å². The molecule has 0 aliphatic heterocycles. The molecule has 142 valence electrons. The van der Waals surface area contributed by atoms with Crippen LogP contribution in [0.2, 0.25) is 0 Å². The normalized spacial score (nSPS) is 11.0. The van der Waals surface area contributed by atoms with Crippen LogP contribution in [0.3, 0.4) is 0 Å². The molecule has 14 heteroatoms. The number of non-ortho nitro benzene ring substituents is 1. The van der Waals surface area contributed by atoms with Gasteiger partial charge in [-0.15, -0.1) is 0 Å². The minimum Gasteiger partial charge on any atom is -0.502 e. The number of phenolic OH excluding ortho intramolecular Hbond substituents is 1. The van der Waals surface area contributed by atoms with Gasteiger partial charge in [-0.05, 0) is 0 Å². The molecule has 0 saturated heterocycles. The quantitative estimate of drug-likeness (QED) is 0.200. The lowest BCUT2D eigenvalue weighted by atomic mass is 10.1. The fraction of sp³-hybridized carbons (Fsp3) is 0. The molecule has 0 saturated carbocycles. The number of rotatable bonds is 5. The third kappa shape index (κ3) is 3.58. The lowest BCUT2D eigenvalue weighted by molar-refractivity contribution is -0.394. The molecule has 0 heterocycles. The van der Waals surface area contributed by atoms with Gasteiger partial charge in [-0.25, -0.2) is 22.0 Å². The molecule has 0 radical (unpaired) electrons. The summed E-state index contributed by atoms with van der Waals surface area (Å²) in [5, 5.41) is 34.3. The largest absolute Gasteiger partial charge is 0.502 e. The molecule has 9 nitrogen and oxygen atoms in total. The molecule has 2 aromatic rings. The first kappa shape index (κ1) is 19.5. The smallest absolute Gasteiger partial charge is 0.318 e. The van der Waals surface area contributed by atoms with E-state index in [2.05, 4.69) is 5.10 Å². The summed E-state index contributed by atoms with van der Waals surface area (Å²) in [5.74, 6) is -12.4. The molecule has 2 rings (SSSR count). The highest BCUT2D eigenvalue weighted by Gasteiger charge is 2.26. The van der Waals surface area contributed by atoms with Gasteiger partial charge < -0.3 is 5.11 Å². The van der Waals surface area contributed by atoms with E-state index in [1.165, 1.54) is 5.43 Å². The first-order valence-electron chi connectivity index (χ1n) is 6.52. The minimum absolute atomic E-state index is 0.449. The molecule has 2 N–H and O–H groups in total. The molecule has 0 aromatic heterocycles. The maximum absolute atomic E-state index is 13.5. The van der Waals surface area contributed by atoms with Crippen molar-refractivity contribution in [2.45, 2.75) is 0 Å². The molecular weight excluding hydrogens is 387 g/mol. The SMILES string of the molecule is O=[N+]([O-])c1cc(/C=N\Nc2c(F)c(F)c(F)c(F)c2F)c(O)c([N+](=O)[O-])c1. The minimum atomic E-state index is -2.40. The Labute approximate surface area is 144 Å². The Bertz CT molecular complexity index is 969. The average Bonchev–Trinajstić information content (AvgIpc) is 2.61. The second-order valence-corrected chi connectivity index (χ2v) is 4.73. The zero-order valence-corrected chi connectivity index (χ0v) is 12.5. The van der Waals surface area contributed by atoms with Gasteiger partial charge in [0.05, 0.1) is 27.7 Å².